The van der Waals surface area contributed by atoms with Crippen molar-refractivity contribution in [3.8, 4) is 21.9 Å². The van der Waals surface area contributed by atoms with E-state index in [1.54, 1.807) is 20.9 Å². The molecule has 21 nitrogen and oxygen atoms in total. The number of hydrogen-bond donors (Lipinski definition) is 6. The highest BCUT2D eigenvalue weighted by molar-refractivity contribution is 7.13. The van der Waals surface area contributed by atoms with E-state index in [2.05, 4.69) is 41.3 Å². The molecule has 0 radical (unpaired) electrons. The Labute approximate surface area is 453 Å². The van der Waals surface area contributed by atoms with Crippen molar-refractivity contribution in [2.75, 3.05) is 69.9 Å². The minimum absolute atomic E-state index is 0.0443. The third-order valence-corrected chi connectivity index (χ3v) is 14.6. The van der Waals surface area contributed by atoms with Gasteiger partial charge < -0.3 is 55.6 Å². The summed E-state index contributed by atoms with van der Waals surface area (Å²) in [6.07, 6.45) is 2.16. The van der Waals surface area contributed by atoms with Crippen LogP contribution in [0.25, 0.3) is 21.9 Å². The van der Waals surface area contributed by atoms with Crippen LogP contribution in [-0.4, -0.2) is 142 Å². The summed E-state index contributed by atoms with van der Waals surface area (Å²) in [7, 11) is 0. The second-order valence-corrected chi connectivity index (χ2v) is 21.3. The quantitative estimate of drug-likeness (QED) is 0.0331. The van der Waals surface area contributed by atoms with Crippen molar-refractivity contribution in [3.63, 3.8) is 0 Å². The molecule has 5 aromatic rings. The third-order valence-electron chi connectivity index (χ3n) is 13.6. The van der Waals surface area contributed by atoms with E-state index in [1.807, 2.05) is 57.5 Å². The van der Waals surface area contributed by atoms with Crippen LogP contribution in [0.5, 0.6) is 0 Å². The lowest BCUT2D eigenvalue weighted by Crippen LogP contribution is -2.49. The summed E-state index contributed by atoms with van der Waals surface area (Å²) in [6, 6.07) is 9.75. The van der Waals surface area contributed by atoms with Crippen LogP contribution in [0.2, 0.25) is 0 Å². The van der Waals surface area contributed by atoms with Crippen LogP contribution in [0.1, 0.15) is 104 Å². The number of β-amino-alcohol motifs (C(OH)–C–C–N with tert-alkyl or cyclic N) is 1. The molecular formula is C53H68F3N11O10S. The second-order valence-electron chi connectivity index (χ2n) is 20.4. The zero-order chi connectivity index (χ0) is 56.0. The molecule has 422 valence electrons. The maximum absolute atomic E-state index is 14.0. The predicted octanol–water partition coefficient (Wildman–Crippen LogP) is 6.31. The standard InChI is InChI=1S/C53H68F3N11O10S/c1-32-45(78-31-62-32)34-9-7-33(8-10-34)26-60-49(72)42-25-38(68)27-66(42)51(73)39(52(2,3)4)6-5-18-74-20-22-76-23-21-75-19-17-59-47(70)35-11-13-37(14-12-35)67-28-40(44(65-67)46(57)69)63-48(71)41-29-77-50(64-41)36-15-16-58-43(24-36)61-30-53(54,55)56/h7-10,15-16,24,28-29,31,35,37-39,42,68H,5-6,11-14,17-23,25-27,30H2,1-4H3,(H2,57,69)(H,58,61)(H,59,70)(H,60,72)(H,63,71)/t35?,37?,38-,39-,42+/m1/s1. The van der Waals surface area contributed by atoms with E-state index < -0.39 is 42.1 Å². The smallest absolute Gasteiger partial charge is 0.405 e. The van der Waals surface area contributed by atoms with Crippen molar-refractivity contribution in [1.82, 2.24) is 40.3 Å². The molecule has 5 amide bonds. The van der Waals surface area contributed by atoms with Gasteiger partial charge in [-0.1, -0.05) is 45.0 Å². The van der Waals surface area contributed by atoms with Crippen molar-refractivity contribution in [2.45, 2.75) is 104 Å². The fourth-order valence-corrected chi connectivity index (χ4v) is 10.2. The van der Waals surface area contributed by atoms with Crippen molar-refractivity contribution in [1.29, 1.82) is 0 Å². The van der Waals surface area contributed by atoms with E-state index >= 15 is 0 Å². The number of pyridine rings is 1. The van der Waals surface area contributed by atoms with E-state index in [0.717, 1.165) is 28.0 Å². The molecule has 1 aliphatic carbocycles. The number of carbonyl (C=O) groups excluding carboxylic acids is 5. The number of anilines is 2. The normalized spacial score (nSPS) is 18.1. The van der Waals surface area contributed by atoms with Crippen molar-refractivity contribution in [2.24, 2.45) is 23.0 Å². The first-order chi connectivity index (χ1) is 37.2. The number of oxazole rings is 1. The molecule has 0 bridgehead atoms. The van der Waals surface area contributed by atoms with E-state index in [0.29, 0.717) is 91.3 Å². The number of alkyl halides is 3. The number of primary amides is 1. The molecule has 0 unspecified atom stereocenters. The first kappa shape index (κ1) is 58.9. The molecule has 5 heterocycles. The summed E-state index contributed by atoms with van der Waals surface area (Å²) in [6.45, 7) is 9.48. The Kier molecular flexibility index (Phi) is 20.5. The summed E-state index contributed by atoms with van der Waals surface area (Å²) in [5.41, 5.74) is 9.94. The molecule has 1 aliphatic heterocycles. The molecule has 1 aromatic carbocycles. The molecule has 4 aromatic heterocycles. The number of nitrogens with zero attached hydrogens (tertiary/aromatic N) is 6. The van der Waals surface area contributed by atoms with E-state index in [4.69, 9.17) is 24.4 Å². The van der Waals surface area contributed by atoms with Crippen molar-refractivity contribution >= 4 is 52.4 Å². The topological polar surface area (TPSA) is 280 Å². The van der Waals surface area contributed by atoms with Gasteiger partial charge in [0, 0.05) is 62.5 Å². The molecule has 2 fully saturated rings. The minimum Gasteiger partial charge on any atom is -0.444 e. The van der Waals surface area contributed by atoms with Gasteiger partial charge in [0.05, 0.1) is 66.9 Å². The van der Waals surface area contributed by atoms with Crippen molar-refractivity contribution in [3.05, 3.63) is 83.2 Å². The number of aliphatic hydroxyl groups is 1. The number of rotatable bonds is 26. The number of nitrogens with one attached hydrogen (secondary N) is 4. The largest absolute Gasteiger partial charge is 0.444 e. The maximum Gasteiger partial charge on any atom is 0.405 e. The Hall–Kier alpha value is -6.80. The average molecular weight is 1110 g/mol. The minimum atomic E-state index is -4.46. The molecule has 3 atom stereocenters. The molecule has 78 heavy (non-hydrogen) atoms. The predicted molar refractivity (Wildman–Crippen MR) is 282 cm³/mol. The van der Waals surface area contributed by atoms with E-state index in [9.17, 15) is 42.3 Å². The van der Waals surface area contributed by atoms with Gasteiger partial charge in [-0.15, -0.1) is 11.3 Å². The first-order valence-corrected chi connectivity index (χ1v) is 26.8. The molecule has 2 aliphatic rings. The van der Waals surface area contributed by atoms with Gasteiger partial charge >= 0.3 is 6.18 Å². The monoisotopic (exact) mass is 1110 g/mol. The SMILES string of the molecule is Cc1ncsc1-c1ccc(CNC(=O)[C@@H]2C[C@@H](O)CN2C(=O)[C@@H](CCCOCCOCCOCCNC(=O)C2CCC(n3cc(NC(=O)c4coc(-c5ccnc(NCC(F)(F)F)c5)n4)c(C(N)=O)n3)CC2)C(C)(C)C)cc1. The lowest BCUT2D eigenvalue weighted by molar-refractivity contribution is -0.145. The number of nitrogens with two attached hydrogens (primary N) is 1. The lowest BCUT2D eigenvalue weighted by atomic mass is 9.77. The number of ether oxygens (including phenoxy) is 3. The van der Waals surface area contributed by atoms with Crippen LogP contribution in [-0.2, 0) is 35.1 Å². The number of aromatic nitrogens is 5. The second kappa shape index (κ2) is 27.2. The number of hydrogen-bond acceptors (Lipinski definition) is 16. The lowest BCUT2D eigenvalue weighted by Gasteiger charge is -2.35. The third kappa shape index (κ3) is 16.6. The highest BCUT2D eigenvalue weighted by atomic mass is 32.1. The highest BCUT2D eigenvalue weighted by Crippen LogP contribution is 2.36. The van der Waals surface area contributed by atoms with E-state index in [1.165, 1.54) is 24.5 Å². The zero-order valence-electron chi connectivity index (χ0n) is 44.1. The molecule has 0 spiro atoms. The van der Waals surface area contributed by atoms with Crippen LogP contribution >= 0.6 is 11.3 Å². The van der Waals surface area contributed by atoms with Crippen molar-refractivity contribution < 1.29 is 60.9 Å². The number of aryl methyl sites for hydroxylation is 1. The van der Waals surface area contributed by atoms with Gasteiger partial charge in [-0.05, 0) is 74.1 Å². The van der Waals surface area contributed by atoms with Gasteiger partial charge in [0.15, 0.2) is 11.4 Å². The number of likely N-dealkylation sites (tertiary alicyclic amines) is 1. The van der Waals surface area contributed by atoms with Crippen LogP contribution in [0, 0.1) is 24.2 Å². The number of aliphatic hydroxyl groups excluding tert-OH is 1. The molecule has 1 saturated carbocycles. The number of halogens is 3. The molecule has 7 rings (SSSR count). The highest BCUT2D eigenvalue weighted by Gasteiger charge is 2.43. The van der Waals surface area contributed by atoms with Crippen LogP contribution in [0.15, 0.2) is 65.0 Å². The van der Waals surface area contributed by atoms with Gasteiger partial charge in [-0.25, -0.2) is 15.0 Å². The molecule has 7 N–H and O–H groups in total. The first-order valence-electron chi connectivity index (χ1n) is 25.9. The Bertz CT molecular complexity index is 2810. The Morgan fingerprint density at radius 1 is 0.910 bits per heavy atom. The van der Waals surface area contributed by atoms with E-state index in [-0.39, 0.29) is 82.9 Å². The van der Waals surface area contributed by atoms with Gasteiger partial charge in [0.25, 0.3) is 11.8 Å². The summed E-state index contributed by atoms with van der Waals surface area (Å²) in [5, 5.41) is 25.6. The molecular weight excluding hydrogens is 1040 g/mol. The summed E-state index contributed by atoms with van der Waals surface area (Å²) < 4.78 is 62.0. The summed E-state index contributed by atoms with van der Waals surface area (Å²) >= 11 is 1.58. The Balaban J connectivity index is 0.735. The zero-order valence-corrected chi connectivity index (χ0v) is 44.9. The summed E-state index contributed by atoms with van der Waals surface area (Å²) in [4.78, 5) is 80.9. The average Bonchev–Trinajstić information content (AvgIpc) is 4.27. The number of carbonyl (C=O) groups is 5. The molecule has 25 heteroatoms. The molecule has 1 saturated heterocycles. The fourth-order valence-electron chi connectivity index (χ4n) is 9.42. The van der Waals surface area contributed by atoms with Crippen LogP contribution < -0.4 is 27.0 Å². The fraction of sp³-hybridized carbons (Fsp3) is 0.528. The number of benzene rings is 1. The summed E-state index contributed by atoms with van der Waals surface area (Å²) in [5.74, 6) is -2.91. The Morgan fingerprint density at radius 2 is 1.62 bits per heavy atom. The van der Waals surface area contributed by atoms with Gasteiger partial charge in [-0.2, -0.15) is 18.3 Å². The van der Waals surface area contributed by atoms with Gasteiger partial charge in [-0.3, -0.25) is 28.7 Å². The maximum atomic E-state index is 14.0. The van der Waals surface area contributed by atoms with Gasteiger partial charge in [0.1, 0.15) is 24.7 Å². The number of thiazole rings is 1. The van der Waals surface area contributed by atoms with Crippen LogP contribution in [0.3, 0.4) is 0 Å². The Morgan fingerprint density at radius 3 is 2.28 bits per heavy atom. The van der Waals surface area contributed by atoms with Gasteiger partial charge in [0.2, 0.25) is 23.6 Å². The number of amides is 5. The van der Waals surface area contributed by atoms with Crippen LogP contribution in [0.4, 0.5) is 24.7 Å².